The summed E-state index contributed by atoms with van der Waals surface area (Å²) in [5.41, 5.74) is 1.13. The smallest absolute Gasteiger partial charge is 0.140 e. The normalized spacial score (nSPS) is 12.3. The molecular weight excluding hydrogens is 293 g/mol. The molecule has 0 saturated heterocycles. The van der Waals surface area contributed by atoms with Crippen molar-refractivity contribution in [1.82, 2.24) is 0 Å². The van der Waals surface area contributed by atoms with Crippen molar-refractivity contribution >= 4 is 33.7 Å². The molecule has 0 aliphatic rings. The van der Waals surface area contributed by atoms with Gasteiger partial charge in [-0.1, -0.05) is 37.5 Å². The summed E-state index contributed by atoms with van der Waals surface area (Å²) in [6, 6.07) is 1.71. The third kappa shape index (κ3) is 2.50. The molecule has 0 aromatic heterocycles. The summed E-state index contributed by atoms with van der Waals surface area (Å²) in [5, 5.41) is 21.7. The van der Waals surface area contributed by atoms with E-state index in [4.69, 9.17) is 16.8 Å². The molecule has 0 saturated carbocycles. The minimum atomic E-state index is -0.161. The number of hydrogen-bond acceptors (Lipinski definition) is 3. The molecule has 0 atom stereocenters. The van der Waals surface area contributed by atoms with Gasteiger partial charge in [-0.05, 0) is 33.0 Å². The highest BCUT2D eigenvalue weighted by atomic mass is 79.9. The molecule has 0 amide bonds. The van der Waals surface area contributed by atoms with E-state index in [9.17, 15) is 5.11 Å². The molecule has 5 heteroatoms. The van der Waals surface area contributed by atoms with Gasteiger partial charge >= 0.3 is 0 Å². The fourth-order valence-corrected chi connectivity index (χ4v) is 2.21. The monoisotopic (exact) mass is 305 g/mol. The first-order valence-electron chi connectivity index (χ1n) is 4.68. The molecule has 0 heterocycles. The van der Waals surface area contributed by atoms with Crippen molar-refractivity contribution in [3.63, 3.8) is 0 Å². The number of rotatable bonds is 1. The van der Waals surface area contributed by atoms with Crippen LogP contribution in [0.2, 0.25) is 5.02 Å². The van der Waals surface area contributed by atoms with Gasteiger partial charge in [0.1, 0.15) is 5.75 Å². The van der Waals surface area contributed by atoms with Gasteiger partial charge in [0.25, 0.3) is 0 Å². The van der Waals surface area contributed by atoms with E-state index in [1.54, 1.807) is 6.07 Å². The first kappa shape index (κ1) is 13.3. The zero-order valence-corrected chi connectivity index (χ0v) is 11.6. The Balaban J connectivity index is 3.54. The molecule has 0 aliphatic carbocycles. The molecule has 0 spiro atoms. The predicted octanol–water partition coefficient (Wildman–Crippen LogP) is 3.91. The maximum absolute atomic E-state index is 9.77. The third-order valence-corrected chi connectivity index (χ3v) is 3.61. The van der Waals surface area contributed by atoms with E-state index in [0.717, 1.165) is 5.56 Å². The fourth-order valence-electron chi connectivity index (χ4n) is 1.34. The molecule has 1 aromatic rings. The summed E-state index contributed by atoms with van der Waals surface area (Å²) < 4.78 is 0.413. The summed E-state index contributed by atoms with van der Waals surface area (Å²) in [5.74, 6) is -0.0317. The van der Waals surface area contributed by atoms with Gasteiger partial charge in [0.15, 0.2) is 0 Å². The van der Waals surface area contributed by atoms with Crippen LogP contribution in [0.4, 0.5) is 0 Å². The van der Waals surface area contributed by atoms with E-state index in [-0.39, 0.29) is 11.2 Å². The van der Waals surface area contributed by atoms with Gasteiger partial charge in [-0.3, -0.25) is 0 Å². The van der Waals surface area contributed by atoms with Crippen LogP contribution in [0.3, 0.4) is 0 Å². The van der Waals surface area contributed by atoms with E-state index in [0.29, 0.717) is 15.1 Å². The minimum Gasteiger partial charge on any atom is -0.506 e. The molecule has 0 aliphatic heterocycles. The number of aromatic hydroxyl groups is 1. The Kier molecular flexibility index (Phi) is 3.86. The lowest BCUT2D eigenvalue weighted by Gasteiger charge is -2.22. The number of phenols is 1. The maximum atomic E-state index is 9.77. The van der Waals surface area contributed by atoms with E-state index in [1.165, 1.54) is 6.21 Å². The lowest BCUT2D eigenvalue weighted by Crippen LogP contribution is -2.12. The molecular formula is C11H13BrClNO2. The largest absolute Gasteiger partial charge is 0.506 e. The number of oxime groups is 1. The van der Waals surface area contributed by atoms with E-state index in [2.05, 4.69) is 21.1 Å². The Bertz CT molecular complexity index is 439. The topological polar surface area (TPSA) is 52.8 Å². The zero-order valence-electron chi connectivity index (χ0n) is 9.25. The van der Waals surface area contributed by atoms with Gasteiger partial charge in [-0.2, -0.15) is 0 Å². The molecule has 2 N–H and O–H groups in total. The number of phenolic OH excluding ortho intramolecular Hbond substituents is 1. The maximum Gasteiger partial charge on any atom is 0.140 e. The Labute approximate surface area is 108 Å². The second kappa shape index (κ2) is 4.63. The first-order valence-corrected chi connectivity index (χ1v) is 5.85. The average molecular weight is 307 g/mol. The summed E-state index contributed by atoms with van der Waals surface area (Å²) in [7, 11) is 0. The van der Waals surface area contributed by atoms with Crippen LogP contribution in [0.25, 0.3) is 0 Å². The van der Waals surface area contributed by atoms with E-state index in [1.807, 2.05) is 20.8 Å². The van der Waals surface area contributed by atoms with Crippen molar-refractivity contribution in [2.24, 2.45) is 5.16 Å². The number of halogens is 2. The Morgan fingerprint density at radius 2 is 2.00 bits per heavy atom. The molecule has 88 valence electrons. The molecule has 0 bridgehead atoms. The minimum absolute atomic E-state index is 0.0317. The summed E-state index contributed by atoms with van der Waals surface area (Å²) >= 11 is 9.36. The molecule has 0 unspecified atom stereocenters. The average Bonchev–Trinajstić information content (AvgIpc) is 2.17. The Morgan fingerprint density at radius 3 is 2.44 bits per heavy atom. The van der Waals surface area contributed by atoms with Crippen LogP contribution in [0, 0.1) is 0 Å². The van der Waals surface area contributed by atoms with Crippen LogP contribution in [0.5, 0.6) is 5.75 Å². The van der Waals surface area contributed by atoms with Crippen molar-refractivity contribution in [1.29, 1.82) is 0 Å². The van der Waals surface area contributed by atoms with Crippen molar-refractivity contribution in [3.8, 4) is 5.75 Å². The molecule has 3 nitrogen and oxygen atoms in total. The lowest BCUT2D eigenvalue weighted by molar-refractivity contribution is 0.321. The van der Waals surface area contributed by atoms with Gasteiger partial charge in [0.05, 0.1) is 15.7 Å². The molecule has 0 radical (unpaired) electrons. The molecule has 1 aromatic carbocycles. The predicted molar refractivity (Wildman–Crippen MR) is 68.9 cm³/mol. The van der Waals surface area contributed by atoms with Gasteiger partial charge in [0.2, 0.25) is 0 Å². The van der Waals surface area contributed by atoms with Crippen LogP contribution < -0.4 is 0 Å². The highest BCUT2D eigenvalue weighted by Gasteiger charge is 2.22. The van der Waals surface area contributed by atoms with Crippen LogP contribution in [-0.4, -0.2) is 16.5 Å². The van der Waals surface area contributed by atoms with Gasteiger partial charge in [-0.25, -0.2) is 0 Å². The zero-order chi connectivity index (χ0) is 12.5. The highest BCUT2D eigenvalue weighted by Crippen LogP contribution is 2.41. The molecule has 1 rings (SSSR count). The second-order valence-electron chi connectivity index (χ2n) is 4.48. The summed E-state index contributed by atoms with van der Waals surface area (Å²) in [6.45, 7) is 6.03. The van der Waals surface area contributed by atoms with Crippen molar-refractivity contribution in [2.45, 2.75) is 26.2 Å². The summed E-state index contributed by atoms with van der Waals surface area (Å²) in [4.78, 5) is 0. The number of nitrogens with zero attached hydrogens (tertiary/aromatic N) is 1. The quantitative estimate of drug-likeness (QED) is 0.469. The van der Waals surface area contributed by atoms with Gasteiger partial charge in [0, 0.05) is 5.56 Å². The highest BCUT2D eigenvalue weighted by molar-refractivity contribution is 9.10. The van der Waals surface area contributed by atoms with Crippen molar-refractivity contribution < 1.29 is 10.3 Å². The van der Waals surface area contributed by atoms with Crippen molar-refractivity contribution in [3.05, 3.63) is 26.7 Å². The molecule has 16 heavy (non-hydrogen) atoms. The van der Waals surface area contributed by atoms with Crippen molar-refractivity contribution in [2.75, 3.05) is 0 Å². The number of hydrogen-bond donors (Lipinski definition) is 2. The molecule has 0 fully saturated rings. The SMILES string of the molecule is CC(C)(C)c1cc(/C=N/O)c(O)c(Br)c1Cl. The van der Waals surface area contributed by atoms with Gasteiger partial charge < -0.3 is 10.3 Å². The van der Waals surface area contributed by atoms with Crippen LogP contribution >= 0.6 is 27.5 Å². The van der Waals surface area contributed by atoms with E-state index >= 15 is 0 Å². The Morgan fingerprint density at radius 1 is 1.44 bits per heavy atom. The lowest BCUT2D eigenvalue weighted by atomic mass is 9.86. The third-order valence-electron chi connectivity index (χ3n) is 2.22. The fraction of sp³-hybridized carbons (Fsp3) is 0.364. The summed E-state index contributed by atoms with van der Waals surface area (Å²) in [6.07, 6.45) is 1.17. The Hall–Kier alpha value is -0.740. The van der Waals surface area contributed by atoms with Crippen LogP contribution in [-0.2, 0) is 5.41 Å². The van der Waals surface area contributed by atoms with Gasteiger partial charge in [-0.15, -0.1) is 0 Å². The standard InChI is InChI=1S/C11H13BrClNO2/c1-11(2,3)7-4-6(5-14-16)10(15)8(12)9(7)13/h4-5,15-16H,1-3H3/b14-5+. The number of benzene rings is 1. The second-order valence-corrected chi connectivity index (χ2v) is 5.66. The van der Waals surface area contributed by atoms with E-state index < -0.39 is 0 Å². The first-order chi connectivity index (χ1) is 7.29. The van der Waals surface area contributed by atoms with Crippen LogP contribution in [0.1, 0.15) is 31.9 Å². The van der Waals surface area contributed by atoms with Crippen LogP contribution in [0.15, 0.2) is 15.7 Å².